The zero-order valence-electron chi connectivity index (χ0n) is 17.8. The molecule has 1 saturated carbocycles. The minimum atomic E-state index is -0.226. The maximum Gasteiger partial charge on any atom is 0.248 e. The second-order valence-corrected chi connectivity index (χ2v) is 7.95. The first-order valence-corrected chi connectivity index (χ1v) is 10.9. The van der Waals surface area contributed by atoms with Crippen LogP contribution in [0.5, 0.6) is 11.5 Å². The van der Waals surface area contributed by atoms with Crippen molar-refractivity contribution in [3.8, 4) is 11.5 Å². The number of ether oxygens (including phenoxy) is 2. The van der Waals surface area contributed by atoms with E-state index < -0.39 is 0 Å². The number of nitrogens with one attached hydrogen (secondary N) is 1. The number of hydrogen-bond acceptors (Lipinski definition) is 4. The highest BCUT2D eigenvalue weighted by Crippen LogP contribution is 2.34. The van der Waals surface area contributed by atoms with E-state index >= 15 is 0 Å². The standard InChI is InChI=1S/C25H28N2O4/c1-30-22-14-11-19(17-23(22)31-21-5-2-3-6-21)26-24(28)15-10-18-8-12-20(13-9-18)27-16-4-7-25(27)29/h8-15,17,21H,2-7,16H2,1H3,(H,26,28)/b15-10+. The Kier molecular flexibility index (Phi) is 6.55. The van der Waals surface area contributed by atoms with Crippen LogP contribution >= 0.6 is 0 Å². The average molecular weight is 421 g/mol. The molecular formula is C25H28N2O4. The molecule has 162 valence electrons. The van der Waals surface area contributed by atoms with Gasteiger partial charge in [-0.05, 0) is 68.0 Å². The lowest BCUT2D eigenvalue weighted by Crippen LogP contribution is -2.23. The minimum Gasteiger partial charge on any atom is -0.493 e. The third kappa shape index (κ3) is 5.26. The van der Waals surface area contributed by atoms with Crippen molar-refractivity contribution in [2.75, 3.05) is 23.9 Å². The number of carbonyl (C=O) groups excluding carboxylic acids is 2. The molecule has 31 heavy (non-hydrogen) atoms. The first-order chi connectivity index (χ1) is 15.1. The van der Waals surface area contributed by atoms with E-state index in [1.54, 1.807) is 24.2 Å². The summed E-state index contributed by atoms with van der Waals surface area (Å²) in [5, 5.41) is 2.88. The average Bonchev–Trinajstić information content (AvgIpc) is 3.45. The van der Waals surface area contributed by atoms with Gasteiger partial charge in [0.25, 0.3) is 0 Å². The summed E-state index contributed by atoms with van der Waals surface area (Å²) in [6.07, 6.45) is 9.44. The van der Waals surface area contributed by atoms with Crippen LogP contribution in [0.4, 0.5) is 11.4 Å². The van der Waals surface area contributed by atoms with Crippen molar-refractivity contribution in [2.45, 2.75) is 44.6 Å². The molecule has 1 aliphatic heterocycles. The van der Waals surface area contributed by atoms with Crippen LogP contribution in [0.25, 0.3) is 6.08 Å². The molecule has 1 aliphatic carbocycles. The predicted octanol–water partition coefficient (Wildman–Crippen LogP) is 4.80. The number of carbonyl (C=O) groups is 2. The second-order valence-electron chi connectivity index (χ2n) is 7.95. The summed E-state index contributed by atoms with van der Waals surface area (Å²) < 4.78 is 11.5. The van der Waals surface area contributed by atoms with E-state index in [1.807, 2.05) is 36.4 Å². The molecule has 6 heteroatoms. The number of amides is 2. The van der Waals surface area contributed by atoms with E-state index in [1.165, 1.54) is 18.9 Å². The highest BCUT2D eigenvalue weighted by atomic mass is 16.5. The number of benzene rings is 2. The Morgan fingerprint density at radius 3 is 2.52 bits per heavy atom. The fourth-order valence-corrected chi connectivity index (χ4v) is 4.07. The fourth-order valence-electron chi connectivity index (χ4n) is 4.07. The molecule has 0 spiro atoms. The van der Waals surface area contributed by atoms with Gasteiger partial charge in [-0.15, -0.1) is 0 Å². The van der Waals surface area contributed by atoms with Crippen LogP contribution in [-0.2, 0) is 9.59 Å². The minimum absolute atomic E-state index is 0.165. The summed E-state index contributed by atoms with van der Waals surface area (Å²) in [7, 11) is 1.61. The third-order valence-electron chi connectivity index (χ3n) is 5.73. The van der Waals surface area contributed by atoms with Gasteiger partial charge in [0, 0.05) is 36.5 Å². The summed E-state index contributed by atoms with van der Waals surface area (Å²) in [6, 6.07) is 13.1. The van der Waals surface area contributed by atoms with Crippen LogP contribution in [0, 0.1) is 0 Å². The Bertz CT molecular complexity index is 962. The first-order valence-electron chi connectivity index (χ1n) is 10.9. The zero-order chi connectivity index (χ0) is 21.6. The van der Waals surface area contributed by atoms with Gasteiger partial charge in [0.15, 0.2) is 11.5 Å². The highest BCUT2D eigenvalue weighted by Gasteiger charge is 2.21. The molecule has 2 fully saturated rings. The largest absolute Gasteiger partial charge is 0.493 e. The van der Waals surface area contributed by atoms with Crippen molar-refractivity contribution in [1.82, 2.24) is 0 Å². The number of nitrogens with zero attached hydrogens (tertiary/aromatic N) is 1. The molecule has 0 radical (unpaired) electrons. The second kappa shape index (κ2) is 9.69. The number of rotatable bonds is 7. The van der Waals surface area contributed by atoms with Crippen LogP contribution in [0.1, 0.15) is 44.1 Å². The van der Waals surface area contributed by atoms with Crippen molar-refractivity contribution in [3.63, 3.8) is 0 Å². The van der Waals surface area contributed by atoms with E-state index in [-0.39, 0.29) is 17.9 Å². The number of methoxy groups -OCH3 is 1. The third-order valence-corrected chi connectivity index (χ3v) is 5.73. The molecule has 6 nitrogen and oxygen atoms in total. The normalized spacial score (nSPS) is 16.8. The van der Waals surface area contributed by atoms with Gasteiger partial charge in [0.2, 0.25) is 11.8 Å². The van der Waals surface area contributed by atoms with Crippen LogP contribution in [0.15, 0.2) is 48.5 Å². The van der Waals surface area contributed by atoms with Gasteiger partial charge in [-0.25, -0.2) is 0 Å². The zero-order valence-corrected chi connectivity index (χ0v) is 17.8. The van der Waals surface area contributed by atoms with Crippen LogP contribution in [-0.4, -0.2) is 31.6 Å². The van der Waals surface area contributed by atoms with Crippen molar-refractivity contribution < 1.29 is 19.1 Å². The van der Waals surface area contributed by atoms with Gasteiger partial charge in [-0.1, -0.05) is 12.1 Å². The Balaban J connectivity index is 1.37. The van der Waals surface area contributed by atoms with E-state index in [0.717, 1.165) is 37.1 Å². The quantitative estimate of drug-likeness (QED) is 0.654. The molecule has 4 rings (SSSR count). The van der Waals surface area contributed by atoms with Gasteiger partial charge in [0.05, 0.1) is 13.2 Å². The van der Waals surface area contributed by atoms with Crippen LogP contribution < -0.4 is 19.7 Å². The first kappa shape index (κ1) is 21.0. The molecule has 0 unspecified atom stereocenters. The Labute approximate surface area is 182 Å². The lowest BCUT2D eigenvalue weighted by atomic mass is 10.2. The lowest BCUT2D eigenvalue weighted by Gasteiger charge is -2.17. The maximum absolute atomic E-state index is 12.4. The van der Waals surface area contributed by atoms with E-state index in [0.29, 0.717) is 23.6 Å². The molecule has 0 aromatic heterocycles. The molecule has 0 atom stereocenters. The molecule has 1 saturated heterocycles. The Morgan fingerprint density at radius 2 is 1.84 bits per heavy atom. The van der Waals surface area contributed by atoms with Gasteiger partial charge in [-0.3, -0.25) is 9.59 Å². The van der Waals surface area contributed by atoms with E-state index in [4.69, 9.17) is 9.47 Å². The summed E-state index contributed by atoms with van der Waals surface area (Å²) in [5.74, 6) is 1.26. The maximum atomic E-state index is 12.4. The van der Waals surface area contributed by atoms with Crippen LogP contribution in [0.2, 0.25) is 0 Å². The van der Waals surface area contributed by atoms with Crippen LogP contribution in [0.3, 0.4) is 0 Å². The van der Waals surface area contributed by atoms with E-state index in [9.17, 15) is 9.59 Å². The Morgan fingerprint density at radius 1 is 1.06 bits per heavy atom. The summed E-state index contributed by atoms with van der Waals surface area (Å²) in [6.45, 7) is 0.769. The van der Waals surface area contributed by atoms with Crippen molar-refractivity contribution in [1.29, 1.82) is 0 Å². The highest BCUT2D eigenvalue weighted by molar-refractivity contribution is 6.02. The molecule has 2 aromatic carbocycles. The Hall–Kier alpha value is -3.28. The number of hydrogen-bond donors (Lipinski definition) is 1. The van der Waals surface area contributed by atoms with Crippen molar-refractivity contribution in [2.24, 2.45) is 0 Å². The number of anilines is 2. The van der Waals surface area contributed by atoms with Gasteiger partial charge < -0.3 is 19.7 Å². The van der Waals surface area contributed by atoms with Crippen molar-refractivity contribution >= 4 is 29.3 Å². The topological polar surface area (TPSA) is 67.9 Å². The SMILES string of the molecule is COc1ccc(NC(=O)/C=C/c2ccc(N3CCCC3=O)cc2)cc1OC1CCCC1. The monoisotopic (exact) mass is 420 g/mol. The molecule has 2 amide bonds. The molecule has 2 aliphatic rings. The smallest absolute Gasteiger partial charge is 0.248 e. The molecule has 2 aromatic rings. The molecule has 1 N–H and O–H groups in total. The van der Waals surface area contributed by atoms with Gasteiger partial charge >= 0.3 is 0 Å². The van der Waals surface area contributed by atoms with E-state index in [2.05, 4.69) is 5.32 Å². The van der Waals surface area contributed by atoms with Gasteiger partial charge in [-0.2, -0.15) is 0 Å². The molecule has 1 heterocycles. The summed E-state index contributed by atoms with van der Waals surface area (Å²) >= 11 is 0. The van der Waals surface area contributed by atoms with Gasteiger partial charge in [0.1, 0.15) is 0 Å². The molecule has 0 bridgehead atoms. The molecular weight excluding hydrogens is 392 g/mol. The lowest BCUT2D eigenvalue weighted by molar-refractivity contribution is -0.117. The summed E-state index contributed by atoms with van der Waals surface area (Å²) in [4.78, 5) is 26.0. The van der Waals surface area contributed by atoms with Crippen molar-refractivity contribution in [3.05, 3.63) is 54.1 Å². The fraction of sp³-hybridized carbons (Fsp3) is 0.360. The predicted molar refractivity (Wildman–Crippen MR) is 122 cm³/mol. The summed E-state index contributed by atoms with van der Waals surface area (Å²) in [5.41, 5.74) is 2.45.